The van der Waals surface area contributed by atoms with E-state index >= 15 is 0 Å². The minimum atomic E-state index is -1.91. The van der Waals surface area contributed by atoms with Crippen LogP contribution in [-0.2, 0) is 23.8 Å². The summed E-state index contributed by atoms with van der Waals surface area (Å²) < 4.78 is 20.0. The van der Waals surface area contributed by atoms with Crippen molar-refractivity contribution in [1.82, 2.24) is 0 Å². The number of phenolic OH excluding ortho intramolecular Hbond substituents is 1. The van der Waals surface area contributed by atoms with Gasteiger partial charge in [-0.05, 0) is 23.8 Å². The van der Waals surface area contributed by atoms with E-state index in [-0.39, 0.29) is 11.3 Å². The molecule has 15 heteroatoms. The van der Waals surface area contributed by atoms with Crippen molar-refractivity contribution in [2.24, 2.45) is 0 Å². The maximum absolute atomic E-state index is 11.9. The number of rotatable bonds is 7. The van der Waals surface area contributed by atoms with Gasteiger partial charge in [0.2, 0.25) is 6.29 Å². The Balaban J connectivity index is 1.57. The van der Waals surface area contributed by atoms with E-state index in [1.807, 2.05) is 0 Å². The van der Waals surface area contributed by atoms with Crippen LogP contribution in [0, 0.1) is 0 Å². The average Bonchev–Trinajstić information content (AvgIpc) is 2.84. The Morgan fingerprint density at radius 3 is 2.19 bits per heavy atom. The Hall–Kier alpha value is -2.86. The summed E-state index contributed by atoms with van der Waals surface area (Å²) in [4.78, 5) is 23.1. The number of ether oxygens (including phenoxy) is 4. The summed E-state index contributed by atoms with van der Waals surface area (Å²) in [5.74, 6) is -3.29. The van der Waals surface area contributed by atoms with Gasteiger partial charge in [0.25, 0.3) is 0 Å². The minimum absolute atomic E-state index is 0.267. The first-order valence-corrected chi connectivity index (χ1v) is 10.6. The number of hydrogen-bond donors (Lipinski definition) is 9. The van der Waals surface area contributed by atoms with Crippen LogP contribution in [0.4, 0.5) is 0 Å². The number of phenols is 1. The zero-order valence-corrected chi connectivity index (χ0v) is 18.3. The molecular formula is C21H26O15. The summed E-state index contributed by atoms with van der Waals surface area (Å²) in [6.07, 6.45) is -15.2. The van der Waals surface area contributed by atoms with Crippen molar-refractivity contribution in [1.29, 1.82) is 0 Å². The van der Waals surface area contributed by atoms with Gasteiger partial charge in [-0.3, -0.25) is 0 Å². The zero-order valence-electron chi connectivity index (χ0n) is 18.3. The van der Waals surface area contributed by atoms with E-state index in [9.17, 15) is 50.4 Å². The molecule has 2 fully saturated rings. The van der Waals surface area contributed by atoms with Gasteiger partial charge in [0.05, 0.1) is 0 Å². The van der Waals surface area contributed by atoms with Crippen molar-refractivity contribution in [2.75, 3.05) is 6.61 Å². The van der Waals surface area contributed by atoms with Gasteiger partial charge in [0.15, 0.2) is 23.9 Å². The highest BCUT2D eigenvalue weighted by Crippen LogP contribution is 2.31. The van der Waals surface area contributed by atoms with Crippen LogP contribution in [0.5, 0.6) is 11.5 Å². The standard InChI is InChI=1S/C21H26O15/c22-8-5-7(2-4-11(23)33-6-10-12(24)13(25)16(28)20(32)34-10)1-3-9(8)35-21-17(29)14(26)15(27)18(36-21)19(30)31/h1-5,10,12-18,20-22,24-29,32H,6H2,(H,30,31)/b4-2+. The summed E-state index contributed by atoms with van der Waals surface area (Å²) in [5.41, 5.74) is 0.267. The molecular weight excluding hydrogens is 492 g/mol. The molecule has 2 aliphatic rings. The van der Waals surface area contributed by atoms with Crippen LogP contribution < -0.4 is 4.74 Å². The van der Waals surface area contributed by atoms with Gasteiger partial charge < -0.3 is 64.9 Å². The van der Waals surface area contributed by atoms with Gasteiger partial charge in [-0.25, -0.2) is 9.59 Å². The molecule has 2 heterocycles. The third-order valence-electron chi connectivity index (χ3n) is 5.53. The third-order valence-corrected chi connectivity index (χ3v) is 5.53. The number of esters is 1. The first-order valence-electron chi connectivity index (χ1n) is 10.6. The van der Waals surface area contributed by atoms with Crippen LogP contribution in [0.1, 0.15) is 5.56 Å². The van der Waals surface area contributed by atoms with Crippen molar-refractivity contribution in [3.8, 4) is 11.5 Å². The van der Waals surface area contributed by atoms with E-state index in [1.165, 1.54) is 18.2 Å². The fourth-order valence-electron chi connectivity index (χ4n) is 3.46. The molecule has 0 spiro atoms. The molecule has 10 unspecified atom stereocenters. The van der Waals surface area contributed by atoms with Gasteiger partial charge in [0, 0.05) is 6.08 Å². The molecule has 1 aromatic carbocycles. The van der Waals surface area contributed by atoms with E-state index in [2.05, 4.69) is 0 Å². The fourth-order valence-corrected chi connectivity index (χ4v) is 3.46. The van der Waals surface area contributed by atoms with Crippen molar-refractivity contribution in [3.63, 3.8) is 0 Å². The van der Waals surface area contributed by atoms with Gasteiger partial charge in [-0.2, -0.15) is 0 Å². The average molecular weight is 518 g/mol. The normalized spacial score (nSPS) is 37.0. The minimum Gasteiger partial charge on any atom is -0.504 e. The molecule has 2 saturated heterocycles. The first kappa shape index (κ1) is 27.7. The first-order chi connectivity index (χ1) is 16.9. The molecule has 1 aromatic rings. The van der Waals surface area contributed by atoms with Crippen LogP contribution in [0.15, 0.2) is 24.3 Å². The van der Waals surface area contributed by atoms with E-state index in [0.29, 0.717) is 0 Å². The van der Waals surface area contributed by atoms with Crippen LogP contribution in [0.3, 0.4) is 0 Å². The molecule has 200 valence electrons. The van der Waals surface area contributed by atoms with Crippen molar-refractivity contribution >= 4 is 18.0 Å². The molecule has 36 heavy (non-hydrogen) atoms. The Morgan fingerprint density at radius 1 is 0.889 bits per heavy atom. The summed E-state index contributed by atoms with van der Waals surface area (Å²) in [5, 5.41) is 87.2. The highest BCUT2D eigenvalue weighted by atomic mass is 16.7. The van der Waals surface area contributed by atoms with Crippen LogP contribution in [-0.4, -0.2) is 126 Å². The van der Waals surface area contributed by atoms with Gasteiger partial charge in [0.1, 0.15) is 49.3 Å². The number of aliphatic carboxylic acids is 1. The van der Waals surface area contributed by atoms with Crippen molar-refractivity contribution < 1.29 is 74.5 Å². The maximum Gasteiger partial charge on any atom is 0.335 e. The van der Waals surface area contributed by atoms with Crippen LogP contribution in [0.2, 0.25) is 0 Å². The Bertz CT molecular complexity index is 967. The molecule has 2 aliphatic heterocycles. The number of carbonyl (C=O) groups is 2. The number of carbonyl (C=O) groups excluding carboxylic acids is 1. The molecule has 10 atom stereocenters. The summed E-state index contributed by atoms with van der Waals surface area (Å²) in [6, 6.07) is 3.69. The Morgan fingerprint density at radius 2 is 1.56 bits per heavy atom. The number of aromatic hydroxyl groups is 1. The summed E-state index contributed by atoms with van der Waals surface area (Å²) in [6.45, 7) is -0.551. The van der Waals surface area contributed by atoms with E-state index in [4.69, 9.17) is 24.1 Å². The van der Waals surface area contributed by atoms with Crippen molar-refractivity contribution in [2.45, 2.75) is 61.4 Å². The van der Waals surface area contributed by atoms with Gasteiger partial charge in [-0.1, -0.05) is 6.07 Å². The molecule has 0 bridgehead atoms. The predicted molar refractivity (Wildman–Crippen MR) is 112 cm³/mol. The van der Waals surface area contributed by atoms with Gasteiger partial charge >= 0.3 is 11.9 Å². The quantitative estimate of drug-likeness (QED) is 0.123. The van der Waals surface area contributed by atoms with Crippen LogP contribution >= 0.6 is 0 Å². The molecule has 0 aliphatic carbocycles. The zero-order chi connectivity index (χ0) is 26.7. The van der Waals surface area contributed by atoms with E-state index in [0.717, 1.165) is 12.1 Å². The lowest BCUT2D eigenvalue weighted by Crippen LogP contribution is -2.61. The Labute approximate surface area is 202 Å². The number of aliphatic hydroxyl groups excluding tert-OH is 7. The molecule has 3 rings (SSSR count). The molecule has 0 aromatic heterocycles. The van der Waals surface area contributed by atoms with Crippen LogP contribution in [0.25, 0.3) is 6.08 Å². The van der Waals surface area contributed by atoms with E-state index < -0.39 is 85.7 Å². The van der Waals surface area contributed by atoms with Crippen molar-refractivity contribution in [3.05, 3.63) is 29.8 Å². The van der Waals surface area contributed by atoms with E-state index in [1.54, 1.807) is 0 Å². The highest BCUT2D eigenvalue weighted by molar-refractivity contribution is 5.87. The SMILES string of the molecule is O=C(/C=C/c1ccc(OC2OC(C(=O)O)C(O)C(O)C2O)c(O)c1)OCC1OC(O)C(O)C(O)C1O. The molecule has 0 saturated carbocycles. The lowest BCUT2D eigenvalue weighted by atomic mass is 9.99. The summed E-state index contributed by atoms with van der Waals surface area (Å²) >= 11 is 0. The second-order valence-electron chi connectivity index (χ2n) is 8.08. The third kappa shape index (κ3) is 6.09. The molecule has 9 N–H and O–H groups in total. The lowest BCUT2D eigenvalue weighted by Gasteiger charge is -2.38. The molecule has 0 amide bonds. The monoisotopic (exact) mass is 518 g/mol. The molecule has 0 radical (unpaired) electrons. The van der Waals surface area contributed by atoms with Gasteiger partial charge in [-0.15, -0.1) is 0 Å². The topological polar surface area (TPSA) is 253 Å². The predicted octanol–water partition coefficient (Wildman–Crippen LogP) is -3.98. The number of carboxylic acids is 1. The smallest absolute Gasteiger partial charge is 0.335 e. The Kier molecular flexibility index (Phi) is 8.83. The highest BCUT2D eigenvalue weighted by Gasteiger charge is 2.48. The second-order valence-corrected chi connectivity index (χ2v) is 8.08. The number of carboxylic acid groups (broad SMARTS) is 1. The summed E-state index contributed by atoms with van der Waals surface area (Å²) in [7, 11) is 0. The second kappa shape index (κ2) is 11.5. The fraction of sp³-hybridized carbons (Fsp3) is 0.524. The molecule has 15 nitrogen and oxygen atoms in total. The maximum atomic E-state index is 11.9. The number of aliphatic hydroxyl groups is 7. The number of benzene rings is 1. The lowest BCUT2D eigenvalue weighted by molar-refractivity contribution is -0.287. The number of hydrogen-bond acceptors (Lipinski definition) is 14. The largest absolute Gasteiger partial charge is 0.504 e.